The van der Waals surface area contributed by atoms with Gasteiger partial charge in [0.25, 0.3) is 0 Å². The fourth-order valence-electron chi connectivity index (χ4n) is 3.01. The Morgan fingerprint density at radius 1 is 1.30 bits per heavy atom. The number of nitrogens with one attached hydrogen (secondary N) is 1. The maximum absolute atomic E-state index is 5.83. The predicted octanol–water partition coefficient (Wildman–Crippen LogP) is 3.35. The van der Waals surface area contributed by atoms with Gasteiger partial charge in [0.2, 0.25) is 0 Å². The van der Waals surface area contributed by atoms with Gasteiger partial charge in [0.1, 0.15) is 5.75 Å². The zero-order valence-electron chi connectivity index (χ0n) is 12.7. The summed E-state index contributed by atoms with van der Waals surface area (Å²) in [4.78, 5) is 0. The van der Waals surface area contributed by atoms with Crippen molar-refractivity contribution in [1.82, 2.24) is 5.43 Å². The molecule has 1 fully saturated rings. The summed E-state index contributed by atoms with van der Waals surface area (Å²) in [6, 6.07) is 4.58. The van der Waals surface area contributed by atoms with E-state index in [1.807, 2.05) is 0 Å². The van der Waals surface area contributed by atoms with Gasteiger partial charge >= 0.3 is 0 Å². The number of rotatable bonds is 5. The highest BCUT2D eigenvalue weighted by Gasteiger charge is 2.21. The Labute approximate surface area is 126 Å². The highest BCUT2D eigenvalue weighted by Crippen LogP contribution is 2.33. The summed E-state index contributed by atoms with van der Waals surface area (Å²) in [5.41, 5.74) is 6.76. The first-order valence-electron chi connectivity index (χ1n) is 7.34. The van der Waals surface area contributed by atoms with Gasteiger partial charge in [-0.15, -0.1) is 0 Å². The molecule has 2 rings (SSSR count). The van der Waals surface area contributed by atoms with E-state index in [1.54, 1.807) is 7.11 Å². The molecule has 4 heteroatoms. The first kappa shape index (κ1) is 15.7. The van der Waals surface area contributed by atoms with Gasteiger partial charge in [0.15, 0.2) is 0 Å². The summed E-state index contributed by atoms with van der Waals surface area (Å²) in [5, 5.41) is 0. The van der Waals surface area contributed by atoms with Gasteiger partial charge in [-0.05, 0) is 73.3 Å². The van der Waals surface area contributed by atoms with E-state index in [0.717, 1.165) is 18.1 Å². The van der Waals surface area contributed by atoms with E-state index in [-0.39, 0.29) is 6.04 Å². The van der Waals surface area contributed by atoms with Gasteiger partial charge in [-0.3, -0.25) is 11.3 Å². The second-order valence-electron chi connectivity index (χ2n) is 5.69. The van der Waals surface area contributed by atoms with Crippen LogP contribution in [0.4, 0.5) is 0 Å². The maximum atomic E-state index is 5.83. The molecule has 1 unspecified atom stereocenters. The van der Waals surface area contributed by atoms with Crippen LogP contribution >= 0.6 is 11.8 Å². The Bertz CT molecular complexity index is 444. The lowest BCUT2D eigenvalue weighted by molar-refractivity contribution is 0.372. The Morgan fingerprint density at radius 3 is 2.60 bits per heavy atom. The quantitative estimate of drug-likeness (QED) is 0.646. The predicted molar refractivity (Wildman–Crippen MR) is 87.2 cm³/mol. The molecule has 0 aliphatic carbocycles. The molecular formula is C16H26N2OS. The number of thioether (sulfide) groups is 1. The number of nitrogens with two attached hydrogens (primary N) is 1. The zero-order chi connectivity index (χ0) is 14.5. The van der Waals surface area contributed by atoms with Crippen molar-refractivity contribution in [2.75, 3.05) is 18.6 Å². The molecule has 0 bridgehead atoms. The monoisotopic (exact) mass is 294 g/mol. The molecule has 0 aromatic heterocycles. The second-order valence-corrected chi connectivity index (χ2v) is 6.91. The van der Waals surface area contributed by atoms with Crippen LogP contribution < -0.4 is 16.0 Å². The van der Waals surface area contributed by atoms with Gasteiger partial charge in [0.05, 0.1) is 7.11 Å². The molecule has 1 aliphatic rings. The van der Waals surface area contributed by atoms with Gasteiger partial charge in [-0.1, -0.05) is 6.07 Å². The van der Waals surface area contributed by atoms with E-state index < -0.39 is 0 Å². The third-order valence-electron chi connectivity index (χ3n) is 4.27. The minimum Gasteiger partial charge on any atom is -0.496 e. The molecule has 20 heavy (non-hydrogen) atoms. The molecule has 0 amide bonds. The van der Waals surface area contributed by atoms with Crippen LogP contribution in [0.3, 0.4) is 0 Å². The van der Waals surface area contributed by atoms with Crippen molar-refractivity contribution in [2.24, 2.45) is 11.8 Å². The third kappa shape index (κ3) is 3.68. The van der Waals surface area contributed by atoms with Gasteiger partial charge in [-0.2, -0.15) is 11.8 Å². The number of ether oxygens (including phenoxy) is 1. The average molecular weight is 294 g/mol. The number of hydrogen-bond acceptors (Lipinski definition) is 4. The molecule has 1 heterocycles. The van der Waals surface area contributed by atoms with Gasteiger partial charge < -0.3 is 4.74 Å². The molecule has 3 nitrogen and oxygen atoms in total. The molecule has 0 radical (unpaired) electrons. The lowest BCUT2D eigenvalue weighted by atomic mass is 9.88. The van der Waals surface area contributed by atoms with Gasteiger partial charge in [0, 0.05) is 6.04 Å². The van der Waals surface area contributed by atoms with Crippen molar-refractivity contribution >= 4 is 11.8 Å². The van der Waals surface area contributed by atoms with Crippen LogP contribution in [-0.2, 0) is 0 Å². The van der Waals surface area contributed by atoms with Crippen molar-refractivity contribution in [3.63, 3.8) is 0 Å². The molecule has 3 N–H and O–H groups in total. The molecule has 1 aromatic rings. The van der Waals surface area contributed by atoms with Crippen LogP contribution in [-0.4, -0.2) is 18.6 Å². The standard InChI is InChI=1S/C16H26N2OS/c1-11-9-16(19-3)12(2)8-14(11)15(18-17)10-13-4-6-20-7-5-13/h8-9,13,15,18H,4-7,10,17H2,1-3H3. The minimum atomic E-state index is 0.243. The Kier molecular flexibility index (Phi) is 5.75. The number of benzene rings is 1. The Hall–Kier alpha value is -0.710. The summed E-state index contributed by atoms with van der Waals surface area (Å²) >= 11 is 2.07. The largest absolute Gasteiger partial charge is 0.496 e. The summed E-state index contributed by atoms with van der Waals surface area (Å²) < 4.78 is 5.39. The summed E-state index contributed by atoms with van der Waals surface area (Å²) in [5.74, 6) is 10.2. The SMILES string of the molecule is COc1cc(C)c(C(CC2CCSCC2)NN)cc1C. The first-order valence-corrected chi connectivity index (χ1v) is 8.50. The maximum Gasteiger partial charge on any atom is 0.122 e. The third-order valence-corrected chi connectivity index (χ3v) is 5.32. The molecular weight excluding hydrogens is 268 g/mol. The number of aryl methyl sites for hydroxylation is 2. The fourth-order valence-corrected chi connectivity index (χ4v) is 4.21. The smallest absolute Gasteiger partial charge is 0.122 e. The first-order chi connectivity index (χ1) is 9.65. The number of hydrazine groups is 1. The van der Waals surface area contributed by atoms with E-state index in [2.05, 4.69) is 43.2 Å². The van der Waals surface area contributed by atoms with Crippen LogP contribution in [0, 0.1) is 19.8 Å². The summed E-state index contributed by atoms with van der Waals surface area (Å²) in [6.45, 7) is 4.23. The molecule has 1 aliphatic heterocycles. The second kappa shape index (κ2) is 7.34. The van der Waals surface area contributed by atoms with Crippen LogP contribution in [0.15, 0.2) is 12.1 Å². The van der Waals surface area contributed by atoms with Crippen molar-refractivity contribution in [3.8, 4) is 5.75 Å². The van der Waals surface area contributed by atoms with Crippen LogP contribution in [0.1, 0.15) is 42.0 Å². The van der Waals surface area contributed by atoms with E-state index in [4.69, 9.17) is 10.6 Å². The van der Waals surface area contributed by atoms with Crippen molar-refractivity contribution in [2.45, 2.75) is 39.2 Å². The van der Waals surface area contributed by atoms with Crippen molar-refractivity contribution in [1.29, 1.82) is 0 Å². The van der Waals surface area contributed by atoms with Crippen molar-refractivity contribution in [3.05, 3.63) is 28.8 Å². The van der Waals surface area contributed by atoms with E-state index in [0.29, 0.717) is 0 Å². The molecule has 1 aromatic carbocycles. The van der Waals surface area contributed by atoms with Crippen molar-refractivity contribution < 1.29 is 4.74 Å². The zero-order valence-corrected chi connectivity index (χ0v) is 13.6. The highest BCUT2D eigenvalue weighted by molar-refractivity contribution is 7.99. The molecule has 1 atom stereocenters. The molecule has 0 spiro atoms. The number of hydrogen-bond donors (Lipinski definition) is 2. The Balaban J connectivity index is 2.16. The molecule has 112 valence electrons. The minimum absolute atomic E-state index is 0.243. The summed E-state index contributed by atoms with van der Waals surface area (Å²) in [7, 11) is 1.72. The van der Waals surface area contributed by atoms with E-state index in [9.17, 15) is 0 Å². The van der Waals surface area contributed by atoms with Crippen LogP contribution in [0.5, 0.6) is 5.75 Å². The van der Waals surface area contributed by atoms with E-state index >= 15 is 0 Å². The van der Waals surface area contributed by atoms with Crippen LogP contribution in [0.25, 0.3) is 0 Å². The Morgan fingerprint density at radius 2 is 2.00 bits per heavy atom. The average Bonchev–Trinajstić information content (AvgIpc) is 2.48. The summed E-state index contributed by atoms with van der Waals surface area (Å²) in [6.07, 6.45) is 3.76. The lowest BCUT2D eigenvalue weighted by Gasteiger charge is -2.27. The molecule has 1 saturated heterocycles. The van der Waals surface area contributed by atoms with Gasteiger partial charge in [-0.25, -0.2) is 0 Å². The highest BCUT2D eigenvalue weighted by atomic mass is 32.2. The van der Waals surface area contributed by atoms with E-state index in [1.165, 1.54) is 41.0 Å². The fraction of sp³-hybridized carbons (Fsp3) is 0.625. The number of methoxy groups -OCH3 is 1. The lowest BCUT2D eigenvalue weighted by Crippen LogP contribution is -2.31. The van der Waals surface area contributed by atoms with Crippen LogP contribution in [0.2, 0.25) is 0 Å². The molecule has 0 saturated carbocycles. The topological polar surface area (TPSA) is 47.3 Å². The normalized spacial score (nSPS) is 18.0.